The predicted molar refractivity (Wildman–Crippen MR) is 164 cm³/mol. The maximum Gasteiger partial charge on any atom is 0.335 e. The molecule has 0 bridgehead atoms. The normalized spacial score (nSPS) is 47.3. The summed E-state index contributed by atoms with van der Waals surface area (Å²) in [7, 11) is 0. The van der Waals surface area contributed by atoms with Crippen molar-refractivity contribution >= 4 is 17.5 Å². The van der Waals surface area contributed by atoms with Gasteiger partial charge in [0.2, 0.25) is 0 Å². The van der Waals surface area contributed by atoms with E-state index >= 15 is 0 Å². The lowest BCUT2D eigenvalue weighted by molar-refractivity contribution is -0.274. The lowest BCUT2D eigenvalue weighted by Crippen LogP contribution is -2.72. The van der Waals surface area contributed by atoms with E-state index in [1.165, 1.54) is 5.57 Å². The van der Waals surface area contributed by atoms with Crippen LogP contribution in [0.15, 0.2) is 30.3 Å². The maximum atomic E-state index is 13.0. The Morgan fingerprint density at radius 3 is 2.14 bits per heavy atom. The van der Waals surface area contributed by atoms with Gasteiger partial charge >= 0.3 is 11.9 Å². The molecule has 0 spiro atoms. The lowest BCUT2D eigenvalue weighted by atomic mass is 9.31. The second kappa shape index (κ2) is 8.96. The van der Waals surface area contributed by atoms with E-state index in [-0.39, 0.29) is 39.8 Å². The van der Waals surface area contributed by atoms with Gasteiger partial charge < -0.3 is 19.7 Å². The Morgan fingerprint density at radius 2 is 1.49 bits per heavy atom. The topological polar surface area (TPSA) is 93.1 Å². The summed E-state index contributed by atoms with van der Waals surface area (Å²) in [6.07, 6.45) is 9.69. The van der Waals surface area contributed by atoms with Crippen molar-refractivity contribution in [2.45, 2.75) is 118 Å². The Kier molecular flexibility index (Phi) is 6.16. The van der Waals surface area contributed by atoms with Crippen molar-refractivity contribution in [3.8, 4) is 0 Å². The van der Waals surface area contributed by atoms with Crippen molar-refractivity contribution in [2.75, 3.05) is 0 Å². The molecule has 4 saturated carbocycles. The molecule has 234 valence electrons. The molecule has 6 nitrogen and oxygen atoms in total. The van der Waals surface area contributed by atoms with Crippen LogP contribution in [-0.2, 0) is 14.3 Å². The standard InChI is InChI=1S/C37H50O6/c1-32(2)23(21-10-12-22(13-11-21)30(38)39)16-18-34(5)26-15-14-24-25-9-8-17-37(25,31(40)41)20-29-35(24,6)36(26,7)28(19-27(32)34)42-33(3,4)43-29/h10-13,16,24-29H,8-9,14-15,17-20H2,1-7H3,(H,38,39)(H,40,41)/t24?,25-,26-,27+,28?,29+,34?,35+,36?,37?/m1/s1. The van der Waals surface area contributed by atoms with Crippen LogP contribution in [0.25, 0.3) is 5.57 Å². The zero-order valence-corrected chi connectivity index (χ0v) is 27.0. The Bertz CT molecular complexity index is 1390. The van der Waals surface area contributed by atoms with Crippen LogP contribution in [-0.4, -0.2) is 40.1 Å². The predicted octanol–water partition coefficient (Wildman–Crippen LogP) is 8.06. The third-order valence-electron chi connectivity index (χ3n) is 14.7. The fourth-order valence-corrected chi connectivity index (χ4v) is 12.8. The molecular formula is C37H50O6. The zero-order chi connectivity index (χ0) is 31.0. The minimum atomic E-state index is -0.902. The SMILES string of the molecule is CC1(C)OC2C[C@H]3C(C)(C)C(c4ccc(C(=O)O)cc4)=CCC3(C)[C@H]3CCC4[C@H]5CCCC5(C(=O)O)C[C@H](O1)[C@@]4(C)C23C. The number of carboxylic acid groups (broad SMARTS) is 2. The first-order valence-corrected chi connectivity index (χ1v) is 16.7. The minimum absolute atomic E-state index is 0.00452. The number of hydrogen-bond donors (Lipinski definition) is 2. The third-order valence-corrected chi connectivity index (χ3v) is 14.7. The molecule has 0 amide bonds. The van der Waals surface area contributed by atoms with E-state index in [0.29, 0.717) is 29.7 Å². The molecule has 1 saturated heterocycles. The van der Waals surface area contributed by atoms with Crippen LogP contribution >= 0.6 is 0 Å². The van der Waals surface area contributed by atoms with Gasteiger partial charge in [-0.1, -0.05) is 59.2 Å². The number of aromatic carboxylic acids is 1. The average Bonchev–Trinajstić information content (AvgIpc) is 3.33. The van der Waals surface area contributed by atoms with Gasteiger partial charge in [-0.3, -0.25) is 4.79 Å². The fraction of sp³-hybridized carbons (Fsp3) is 0.730. The van der Waals surface area contributed by atoms with Gasteiger partial charge in [0.15, 0.2) is 5.79 Å². The molecule has 6 aliphatic rings. The Balaban J connectivity index is 1.35. The first kappa shape index (κ1) is 29.5. The summed E-state index contributed by atoms with van der Waals surface area (Å²) >= 11 is 0. The van der Waals surface area contributed by atoms with E-state index in [9.17, 15) is 19.8 Å². The summed E-state index contributed by atoms with van der Waals surface area (Å²) < 4.78 is 14.2. The number of aliphatic carboxylic acids is 1. The highest BCUT2D eigenvalue weighted by molar-refractivity contribution is 5.88. The summed E-state index contributed by atoms with van der Waals surface area (Å²) in [5.41, 5.74) is 1.59. The van der Waals surface area contributed by atoms with E-state index in [2.05, 4.69) is 40.7 Å². The quantitative estimate of drug-likeness (QED) is 0.370. The molecule has 0 radical (unpaired) electrons. The van der Waals surface area contributed by atoms with Crippen LogP contribution in [0.3, 0.4) is 0 Å². The third kappa shape index (κ3) is 3.60. The van der Waals surface area contributed by atoms with Gasteiger partial charge in [-0.05, 0) is 117 Å². The van der Waals surface area contributed by atoms with Crippen molar-refractivity contribution in [1.29, 1.82) is 0 Å². The summed E-state index contributed by atoms with van der Waals surface area (Å²) in [5, 5.41) is 20.2. The molecule has 10 atom stereocenters. The fourth-order valence-electron chi connectivity index (χ4n) is 12.8. The van der Waals surface area contributed by atoms with Crippen molar-refractivity contribution in [2.24, 2.45) is 50.7 Å². The summed E-state index contributed by atoms with van der Waals surface area (Å²) in [6.45, 7) is 16.4. The van der Waals surface area contributed by atoms with E-state index < -0.39 is 23.1 Å². The first-order valence-electron chi connectivity index (χ1n) is 16.7. The van der Waals surface area contributed by atoms with Crippen molar-refractivity contribution in [1.82, 2.24) is 0 Å². The highest BCUT2D eigenvalue weighted by Gasteiger charge is 2.77. The van der Waals surface area contributed by atoms with Crippen LogP contribution in [0.1, 0.15) is 116 Å². The summed E-state index contributed by atoms with van der Waals surface area (Å²) in [5.74, 6) is -1.05. The van der Waals surface area contributed by atoms with Gasteiger partial charge in [0, 0.05) is 10.8 Å². The molecule has 2 N–H and O–H groups in total. The molecule has 5 fully saturated rings. The number of allylic oxidation sites excluding steroid dienone is 2. The van der Waals surface area contributed by atoms with Crippen LogP contribution in [0.5, 0.6) is 0 Å². The number of carbonyl (C=O) groups is 2. The number of hydrogen-bond acceptors (Lipinski definition) is 4. The number of ether oxygens (including phenoxy) is 2. The summed E-state index contributed by atoms with van der Waals surface area (Å²) in [4.78, 5) is 24.5. The monoisotopic (exact) mass is 590 g/mol. The summed E-state index contributed by atoms with van der Waals surface area (Å²) in [6, 6.07) is 7.39. The number of fused-ring (bicyclic) bond motifs is 4. The lowest BCUT2D eigenvalue weighted by Gasteiger charge is -2.73. The second-order valence-corrected chi connectivity index (χ2v) is 16.8. The highest BCUT2D eigenvalue weighted by Crippen LogP contribution is 2.78. The highest BCUT2D eigenvalue weighted by atomic mass is 16.7. The molecule has 1 aromatic carbocycles. The minimum Gasteiger partial charge on any atom is -0.481 e. The average molecular weight is 591 g/mol. The van der Waals surface area contributed by atoms with E-state index in [1.807, 2.05) is 26.0 Å². The second-order valence-electron chi connectivity index (χ2n) is 16.8. The Morgan fingerprint density at radius 1 is 0.814 bits per heavy atom. The van der Waals surface area contributed by atoms with Crippen molar-refractivity contribution in [3.63, 3.8) is 0 Å². The van der Waals surface area contributed by atoms with Gasteiger partial charge in [-0.15, -0.1) is 0 Å². The molecule has 5 unspecified atom stereocenters. The van der Waals surface area contributed by atoms with E-state index in [1.54, 1.807) is 12.1 Å². The molecule has 1 heterocycles. The molecule has 1 aromatic rings. The van der Waals surface area contributed by atoms with Crippen molar-refractivity contribution < 1.29 is 29.3 Å². The molecule has 6 heteroatoms. The van der Waals surface area contributed by atoms with E-state index in [0.717, 1.165) is 50.5 Å². The number of carboxylic acids is 2. The molecule has 0 aromatic heterocycles. The molecule has 1 aliphatic heterocycles. The molecule has 43 heavy (non-hydrogen) atoms. The molecular weight excluding hydrogens is 540 g/mol. The molecule has 5 aliphatic carbocycles. The van der Waals surface area contributed by atoms with Crippen LogP contribution in [0, 0.1) is 50.7 Å². The van der Waals surface area contributed by atoms with Crippen LogP contribution < -0.4 is 0 Å². The largest absolute Gasteiger partial charge is 0.481 e. The van der Waals surface area contributed by atoms with Gasteiger partial charge in [0.25, 0.3) is 0 Å². The first-order chi connectivity index (χ1) is 20.0. The van der Waals surface area contributed by atoms with Crippen molar-refractivity contribution in [3.05, 3.63) is 41.5 Å². The van der Waals surface area contributed by atoms with Gasteiger partial charge in [0.05, 0.1) is 23.2 Å². The number of benzene rings is 1. The van der Waals surface area contributed by atoms with Crippen LogP contribution in [0.4, 0.5) is 0 Å². The van der Waals surface area contributed by atoms with Gasteiger partial charge in [-0.2, -0.15) is 0 Å². The van der Waals surface area contributed by atoms with Crippen LogP contribution in [0.2, 0.25) is 0 Å². The van der Waals surface area contributed by atoms with Gasteiger partial charge in [-0.25, -0.2) is 4.79 Å². The molecule has 7 rings (SSSR count). The number of rotatable bonds is 3. The maximum absolute atomic E-state index is 13.0. The Labute approximate surface area is 256 Å². The van der Waals surface area contributed by atoms with E-state index in [4.69, 9.17) is 9.47 Å². The smallest absolute Gasteiger partial charge is 0.335 e. The zero-order valence-electron chi connectivity index (χ0n) is 27.0. The van der Waals surface area contributed by atoms with Gasteiger partial charge in [0.1, 0.15) is 0 Å². The Hall–Kier alpha value is -2.18.